The quantitative estimate of drug-likeness (QED) is 0.384. The molecule has 1 unspecified atom stereocenters. The SMILES string of the molecule is CCCCC/N=C(C)\C=C/C(C)CCCC. The van der Waals surface area contributed by atoms with E-state index in [0.29, 0.717) is 5.92 Å². The number of hydrogen-bond acceptors (Lipinski definition) is 1. The van der Waals surface area contributed by atoms with Crippen LogP contribution in [0.5, 0.6) is 0 Å². The summed E-state index contributed by atoms with van der Waals surface area (Å²) in [6.07, 6.45) is 12.2. The Bertz CT molecular complexity index is 203. The van der Waals surface area contributed by atoms with Crippen molar-refractivity contribution in [1.29, 1.82) is 0 Å². The predicted molar refractivity (Wildman–Crippen MR) is 75.3 cm³/mol. The normalized spacial score (nSPS) is 14.6. The monoisotopic (exact) mass is 223 g/mol. The zero-order valence-electron chi connectivity index (χ0n) is 11.6. The topological polar surface area (TPSA) is 12.4 Å². The highest BCUT2D eigenvalue weighted by Crippen LogP contribution is 2.08. The van der Waals surface area contributed by atoms with E-state index in [1.54, 1.807) is 0 Å². The van der Waals surface area contributed by atoms with E-state index < -0.39 is 0 Å². The van der Waals surface area contributed by atoms with Gasteiger partial charge >= 0.3 is 0 Å². The van der Waals surface area contributed by atoms with Crippen LogP contribution >= 0.6 is 0 Å². The van der Waals surface area contributed by atoms with Crippen LogP contribution in [0.2, 0.25) is 0 Å². The second-order valence-electron chi connectivity index (χ2n) is 4.71. The van der Waals surface area contributed by atoms with Gasteiger partial charge in [0.15, 0.2) is 0 Å². The van der Waals surface area contributed by atoms with Gasteiger partial charge in [-0.1, -0.05) is 52.5 Å². The number of aliphatic imine (C=N–C) groups is 1. The lowest BCUT2D eigenvalue weighted by molar-refractivity contribution is 0.598. The molecular weight excluding hydrogens is 194 g/mol. The largest absolute Gasteiger partial charge is 0.290 e. The van der Waals surface area contributed by atoms with Gasteiger partial charge in [-0.3, -0.25) is 4.99 Å². The third-order valence-corrected chi connectivity index (χ3v) is 2.80. The molecule has 0 saturated heterocycles. The van der Waals surface area contributed by atoms with E-state index in [9.17, 15) is 0 Å². The molecule has 0 bridgehead atoms. The molecule has 0 rings (SSSR count). The van der Waals surface area contributed by atoms with Gasteiger partial charge in [-0.15, -0.1) is 0 Å². The van der Waals surface area contributed by atoms with Gasteiger partial charge in [-0.25, -0.2) is 0 Å². The lowest BCUT2D eigenvalue weighted by Gasteiger charge is -2.03. The van der Waals surface area contributed by atoms with Gasteiger partial charge in [-0.2, -0.15) is 0 Å². The van der Waals surface area contributed by atoms with E-state index in [4.69, 9.17) is 0 Å². The Morgan fingerprint density at radius 3 is 2.44 bits per heavy atom. The molecule has 0 N–H and O–H groups in total. The molecule has 0 aliphatic rings. The smallest absolute Gasteiger partial charge is 0.0392 e. The summed E-state index contributed by atoms with van der Waals surface area (Å²) in [5.41, 5.74) is 1.18. The van der Waals surface area contributed by atoms with E-state index >= 15 is 0 Å². The van der Waals surface area contributed by atoms with Crippen molar-refractivity contribution in [2.45, 2.75) is 66.2 Å². The van der Waals surface area contributed by atoms with Crippen molar-refractivity contribution < 1.29 is 0 Å². The highest BCUT2D eigenvalue weighted by Gasteiger charge is 1.95. The van der Waals surface area contributed by atoms with Gasteiger partial charge in [0.05, 0.1) is 0 Å². The Kier molecular flexibility index (Phi) is 10.5. The summed E-state index contributed by atoms with van der Waals surface area (Å²) in [6, 6.07) is 0. The minimum atomic E-state index is 0.695. The Morgan fingerprint density at radius 1 is 1.12 bits per heavy atom. The van der Waals surface area contributed by atoms with Crippen LogP contribution in [0.4, 0.5) is 0 Å². The van der Waals surface area contributed by atoms with Crippen molar-refractivity contribution in [3.05, 3.63) is 12.2 Å². The van der Waals surface area contributed by atoms with Gasteiger partial charge in [0.1, 0.15) is 0 Å². The molecule has 0 aromatic heterocycles. The standard InChI is InChI=1S/C15H29N/c1-5-7-9-13-16-15(4)12-11-14(3)10-8-6-2/h11-12,14H,5-10,13H2,1-4H3/b12-11-,16-15-. The molecule has 0 radical (unpaired) electrons. The van der Waals surface area contributed by atoms with Crippen LogP contribution in [0.25, 0.3) is 0 Å². The van der Waals surface area contributed by atoms with Gasteiger partial charge in [-0.05, 0) is 31.8 Å². The van der Waals surface area contributed by atoms with Crippen LogP contribution in [-0.4, -0.2) is 12.3 Å². The van der Waals surface area contributed by atoms with Crippen LogP contribution < -0.4 is 0 Å². The first-order valence-corrected chi connectivity index (χ1v) is 6.89. The molecule has 0 aliphatic heterocycles. The highest BCUT2D eigenvalue weighted by molar-refractivity contribution is 5.92. The lowest BCUT2D eigenvalue weighted by atomic mass is 10.0. The molecular formula is C15H29N. The minimum Gasteiger partial charge on any atom is -0.290 e. The third-order valence-electron chi connectivity index (χ3n) is 2.80. The first-order chi connectivity index (χ1) is 7.70. The summed E-state index contributed by atoms with van der Waals surface area (Å²) in [5.74, 6) is 0.695. The van der Waals surface area contributed by atoms with Crippen molar-refractivity contribution in [2.75, 3.05) is 6.54 Å². The summed E-state index contributed by atoms with van der Waals surface area (Å²) < 4.78 is 0. The first-order valence-electron chi connectivity index (χ1n) is 6.89. The van der Waals surface area contributed by atoms with Crippen LogP contribution in [0, 0.1) is 5.92 Å². The number of rotatable bonds is 9. The van der Waals surface area contributed by atoms with Crippen LogP contribution in [-0.2, 0) is 0 Å². The second-order valence-corrected chi connectivity index (χ2v) is 4.71. The van der Waals surface area contributed by atoms with Crippen molar-refractivity contribution in [2.24, 2.45) is 10.9 Å². The van der Waals surface area contributed by atoms with Crippen LogP contribution in [0.3, 0.4) is 0 Å². The fraction of sp³-hybridized carbons (Fsp3) is 0.800. The summed E-state index contributed by atoms with van der Waals surface area (Å²) in [5, 5.41) is 0. The average Bonchev–Trinajstić information content (AvgIpc) is 2.29. The van der Waals surface area contributed by atoms with Gasteiger partial charge in [0.2, 0.25) is 0 Å². The lowest BCUT2D eigenvalue weighted by Crippen LogP contribution is -1.93. The predicted octanol–water partition coefficient (Wildman–Crippen LogP) is 5.02. The van der Waals surface area contributed by atoms with Crippen LogP contribution in [0.1, 0.15) is 66.2 Å². The molecule has 16 heavy (non-hydrogen) atoms. The summed E-state index contributed by atoms with van der Waals surface area (Å²) in [7, 11) is 0. The summed E-state index contributed by atoms with van der Waals surface area (Å²) in [4.78, 5) is 4.54. The first kappa shape index (κ1) is 15.4. The summed E-state index contributed by atoms with van der Waals surface area (Å²) in [6.45, 7) is 9.86. The van der Waals surface area contributed by atoms with E-state index in [-0.39, 0.29) is 0 Å². The zero-order valence-corrected chi connectivity index (χ0v) is 11.6. The molecule has 0 saturated carbocycles. The van der Waals surface area contributed by atoms with Gasteiger partial charge in [0.25, 0.3) is 0 Å². The number of nitrogens with zero attached hydrogens (tertiary/aromatic N) is 1. The average molecular weight is 223 g/mol. The van der Waals surface area contributed by atoms with Crippen molar-refractivity contribution in [3.63, 3.8) is 0 Å². The van der Waals surface area contributed by atoms with Gasteiger partial charge in [0, 0.05) is 12.3 Å². The molecule has 1 heteroatoms. The maximum absolute atomic E-state index is 4.54. The Hall–Kier alpha value is -0.590. The van der Waals surface area contributed by atoms with Crippen molar-refractivity contribution >= 4 is 5.71 Å². The van der Waals surface area contributed by atoms with Crippen molar-refractivity contribution in [1.82, 2.24) is 0 Å². The zero-order chi connectivity index (χ0) is 12.2. The maximum atomic E-state index is 4.54. The van der Waals surface area contributed by atoms with Crippen molar-refractivity contribution in [3.8, 4) is 0 Å². The number of allylic oxidation sites excluding steroid dienone is 2. The molecule has 0 heterocycles. The Morgan fingerprint density at radius 2 is 1.81 bits per heavy atom. The number of hydrogen-bond donors (Lipinski definition) is 0. The molecule has 94 valence electrons. The Balaban J connectivity index is 3.74. The van der Waals surface area contributed by atoms with E-state index in [1.165, 1.54) is 44.2 Å². The molecule has 0 aromatic rings. The molecule has 0 spiro atoms. The molecule has 0 amide bonds. The van der Waals surface area contributed by atoms with E-state index in [1.807, 2.05) is 0 Å². The maximum Gasteiger partial charge on any atom is 0.0392 e. The third kappa shape index (κ3) is 9.95. The van der Waals surface area contributed by atoms with Crippen LogP contribution in [0.15, 0.2) is 17.1 Å². The van der Waals surface area contributed by atoms with Gasteiger partial charge < -0.3 is 0 Å². The molecule has 0 aromatic carbocycles. The second kappa shape index (κ2) is 10.9. The summed E-state index contributed by atoms with van der Waals surface area (Å²) >= 11 is 0. The number of unbranched alkanes of at least 4 members (excludes halogenated alkanes) is 3. The fourth-order valence-electron chi connectivity index (χ4n) is 1.60. The minimum absolute atomic E-state index is 0.695. The van der Waals surface area contributed by atoms with E-state index in [2.05, 4.69) is 44.8 Å². The fourth-order valence-corrected chi connectivity index (χ4v) is 1.60. The molecule has 1 nitrogen and oxygen atoms in total. The molecule has 1 atom stereocenters. The molecule has 0 aliphatic carbocycles. The highest BCUT2D eigenvalue weighted by atomic mass is 14.7. The Labute approximate surface area is 102 Å². The van der Waals surface area contributed by atoms with E-state index in [0.717, 1.165) is 6.54 Å². The molecule has 0 fully saturated rings.